The van der Waals surface area contributed by atoms with Crippen LogP contribution in [-0.4, -0.2) is 24.5 Å². The largest absolute Gasteiger partial charge is 0.497 e. The van der Waals surface area contributed by atoms with Gasteiger partial charge in [-0.3, -0.25) is 9.59 Å². The summed E-state index contributed by atoms with van der Waals surface area (Å²) in [6.07, 6.45) is 0.640. The van der Waals surface area contributed by atoms with E-state index in [0.29, 0.717) is 24.2 Å². The summed E-state index contributed by atoms with van der Waals surface area (Å²) in [5.74, 6) is -0.0139. The van der Waals surface area contributed by atoms with Crippen molar-refractivity contribution in [3.05, 3.63) is 88.0 Å². The Balaban J connectivity index is 1.62. The smallest absolute Gasteiger partial charge is 0.261 e. The standard InChI is InChI=1S/C21H19FN2O3/c1-27-17-8-2-14(3-9-17)12-13-23-20(25)18-10-11-19(24-21(18)26)15-4-6-16(22)7-5-15/h2-11H,12-13H2,1H3,(H,23,25)(H,24,26). The number of hydrogen-bond acceptors (Lipinski definition) is 3. The van der Waals surface area contributed by atoms with Crippen LogP contribution in [0, 0.1) is 5.82 Å². The fourth-order valence-electron chi connectivity index (χ4n) is 2.66. The Morgan fingerprint density at radius 3 is 2.37 bits per heavy atom. The van der Waals surface area contributed by atoms with Crippen LogP contribution in [-0.2, 0) is 6.42 Å². The molecule has 1 heterocycles. The molecule has 27 heavy (non-hydrogen) atoms. The van der Waals surface area contributed by atoms with Crippen LogP contribution in [0.4, 0.5) is 4.39 Å². The summed E-state index contributed by atoms with van der Waals surface area (Å²) >= 11 is 0. The summed E-state index contributed by atoms with van der Waals surface area (Å²) in [7, 11) is 1.61. The minimum absolute atomic E-state index is 0.0376. The van der Waals surface area contributed by atoms with Crippen molar-refractivity contribution in [2.45, 2.75) is 6.42 Å². The van der Waals surface area contributed by atoms with Gasteiger partial charge in [-0.05, 0) is 66.1 Å². The number of methoxy groups -OCH3 is 1. The number of ether oxygens (including phenoxy) is 1. The Bertz CT molecular complexity index is 980. The monoisotopic (exact) mass is 366 g/mol. The van der Waals surface area contributed by atoms with E-state index in [1.165, 1.54) is 18.2 Å². The van der Waals surface area contributed by atoms with Crippen LogP contribution in [0.5, 0.6) is 5.75 Å². The summed E-state index contributed by atoms with van der Waals surface area (Å²) in [4.78, 5) is 27.1. The first kappa shape index (κ1) is 18.4. The van der Waals surface area contributed by atoms with E-state index in [1.54, 1.807) is 25.3 Å². The molecule has 5 nitrogen and oxygen atoms in total. The molecule has 3 rings (SSSR count). The number of amides is 1. The lowest BCUT2D eigenvalue weighted by Gasteiger charge is -2.07. The van der Waals surface area contributed by atoms with Crippen molar-refractivity contribution in [3.8, 4) is 17.0 Å². The number of carbonyl (C=O) groups excluding carboxylic acids is 1. The summed E-state index contributed by atoms with van der Waals surface area (Å²) in [6, 6.07) is 16.4. The zero-order valence-electron chi connectivity index (χ0n) is 14.8. The molecule has 2 aromatic carbocycles. The molecule has 0 fully saturated rings. The van der Waals surface area contributed by atoms with Gasteiger partial charge in [0.05, 0.1) is 7.11 Å². The SMILES string of the molecule is COc1ccc(CCNC(=O)c2ccc(-c3ccc(F)cc3)[nH]c2=O)cc1. The predicted octanol–water partition coefficient (Wildman–Crippen LogP) is 3.16. The lowest BCUT2D eigenvalue weighted by atomic mass is 10.1. The van der Waals surface area contributed by atoms with Gasteiger partial charge in [0.15, 0.2) is 0 Å². The van der Waals surface area contributed by atoms with Crippen LogP contribution in [0.3, 0.4) is 0 Å². The van der Waals surface area contributed by atoms with E-state index < -0.39 is 11.5 Å². The Morgan fingerprint density at radius 2 is 1.74 bits per heavy atom. The third-order valence-electron chi connectivity index (χ3n) is 4.17. The summed E-state index contributed by atoms with van der Waals surface area (Å²) in [5, 5.41) is 2.74. The van der Waals surface area contributed by atoms with Gasteiger partial charge in [0.25, 0.3) is 11.5 Å². The molecule has 0 radical (unpaired) electrons. The third-order valence-corrected chi connectivity index (χ3v) is 4.17. The first-order valence-electron chi connectivity index (χ1n) is 8.47. The first-order valence-corrected chi connectivity index (χ1v) is 8.47. The maximum atomic E-state index is 13.0. The second-order valence-electron chi connectivity index (χ2n) is 5.98. The first-order chi connectivity index (χ1) is 13.1. The lowest BCUT2D eigenvalue weighted by Crippen LogP contribution is -2.31. The van der Waals surface area contributed by atoms with Crippen molar-refractivity contribution in [3.63, 3.8) is 0 Å². The molecule has 0 unspecified atom stereocenters. The predicted molar refractivity (Wildman–Crippen MR) is 101 cm³/mol. The summed E-state index contributed by atoms with van der Waals surface area (Å²) in [5.41, 5.74) is 1.79. The van der Waals surface area contributed by atoms with Crippen molar-refractivity contribution < 1.29 is 13.9 Å². The topological polar surface area (TPSA) is 71.2 Å². The van der Waals surface area contributed by atoms with Gasteiger partial charge in [-0.15, -0.1) is 0 Å². The zero-order chi connectivity index (χ0) is 19.2. The molecule has 6 heteroatoms. The normalized spacial score (nSPS) is 10.4. The van der Waals surface area contributed by atoms with Crippen LogP contribution in [0.15, 0.2) is 65.5 Å². The summed E-state index contributed by atoms with van der Waals surface area (Å²) < 4.78 is 18.1. The van der Waals surface area contributed by atoms with E-state index in [9.17, 15) is 14.0 Å². The number of nitrogens with one attached hydrogen (secondary N) is 2. The molecule has 3 aromatic rings. The second-order valence-corrected chi connectivity index (χ2v) is 5.98. The number of halogens is 1. The molecule has 0 aliphatic heterocycles. The fourth-order valence-corrected chi connectivity index (χ4v) is 2.66. The number of aromatic amines is 1. The van der Waals surface area contributed by atoms with E-state index in [0.717, 1.165) is 11.3 Å². The van der Waals surface area contributed by atoms with E-state index >= 15 is 0 Å². The zero-order valence-corrected chi connectivity index (χ0v) is 14.8. The van der Waals surface area contributed by atoms with Crippen LogP contribution < -0.4 is 15.6 Å². The number of pyridine rings is 1. The highest BCUT2D eigenvalue weighted by molar-refractivity contribution is 5.94. The second kappa shape index (κ2) is 8.31. The van der Waals surface area contributed by atoms with Gasteiger partial charge < -0.3 is 15.0 Å². The molecule has 0 saturated heterocycles. The van der Waals surface area contributed by atoms with Gasteiger partial charge in [0.2, 0.25) is 0 Å². The van der Waals surface area contributed by atoms with Gasteiger partial charge in [0.1, 0.15) is 17.1 Å². The van der Waals surface area contributed by atoms with Gasteiger partial charge in [-0.25, -0.2) is 4.39 Å². The minimum atomic E-state index is -0.487. The Labute approximate surface area is 155 Å². The summed E-state index contributed by atoms with van der Waals surface area (Å²) in [6.45, 7) is 0.407. The molecule has 2 N–H and O–H groups in total. The Hall–Kier alpha value is -3.41. The van der Waals surface area contributed by atoms with Gasteiger partial charge in [-0.1, -0.05) is 12.1 Å². The third kappa shape index (κ3) is 4.61. The maximum absolute atomic E-state index is 13.0. The average Bonchev–Trinajstić information content (AvgIpc) is 2.69. The number of H-pyrrole nitrogens is 1. The number of carbonyl (C=O) groups is 1. The molecule has 1 amide bonds. The van der Waals surface area contributed by atoms with Crippen LogP contribution in [0.1, 0.15) is 15.9 Å². The van der Waals surface area contributed by atoms with Crippen LogP contribution in [0.2, 0.25) is 0 Å². The molecule has 0 saturated carbocycles. The highest BCUT2D eigenvalue weighted by Crippen LogP contribution is 2.16. The highest BCUT2D eigenvalue weighted by Gasteiger charge is 2.11. The maximum Gasteiger partial charge on any atom is 0.261 e. The highest BCUT2D eigenvalue weighted by atomic mass is 19.1. The molecule has 0 atom stereocenters. The molecule has 0 spiro atoms. The van der Waals surface area contributed by atoms with Crippen molar-refractivity contribution in [2.24, 2.45) is 0 Å². The number of hydrogen-bond donors (Lipinski definition) is 2. The van der Waals surface area contributed by atoms with Gasteiger partial charge in [-0.2, -0.15) is 0 Å². The average molecular weight is 366 g/mol. The van der Waals surface area contributed by atoms with Gasteiger partial charge in [0, 0.05) is 12.2 Å². The molecular formula is C21H19FN2O3. The fraction of sp³-hybridized carbons (Fsp3) is 0.143. The molecule has 1 aromatic heterocycles. The van der Waals surface area contributed by atoms with Crippen molar-refractivity contribution in [1.29, 1.82) is 0 Å². The quantitative estimate of drug-likeness (QED) is 0.704. The van der Waals surface area contributed by atoms with E-state index in [1.807, 2.05) is 24.3 Å². The van der Waals surface area contributed by atoms with Crippen molar-refractivity contribution in [1.82, 2.24) is 10.3 Å². The van der Waals surface area contributed by atoms with E-state index in [4.69, 9.17) is 4.74 Å². The van der Waals surface area contributed by atoms with Crippen LogP contribution in [0.25, 0.3) is 11.3 Å². The van der Waals surface area contributed by atoms with Crippen LogP contribution >= 0.6 is 0 Å². The molecule has 138 valence electrons. The molecule has 0 aliphatic rings. The molecule has 0 bridgehead atoms. The van der Waals surface area contributed by atoms with Crippen molar-refractivity contribution in [2.75, 3.05) is 13.7 Å². The van der Waals surface area contributed by atoms with E-state index in [2.05, 4.69) is 10.3 Å². The minimum Gasteiger partial charge on any atom is -0.497 e. The Kier molecular flexibility index (Phi) is 5.66. The van der Waals surface area contributed by atoms with Crippen molar-refractivity contribution >= 4 is 5.91 Å². The molecule has 0 aliphatic carbocycles. The number of aromatic nitrogens is 1. The number of rotatable bonds is 6. The molecular weight excluding hydrogens is 347 g/mol. The Morgan fingerprint density at radius 1 is 1.04 bits per heavy atom. The van der Waals surface area contributed by atoms with E-state index in [-0.39, 0.29) is 11.4 Å². The van der Waals surface area contributed by atoms with Gasteiger partial charge >= 0.3 is 0 Å². The lowest BCUT2D eigenvalue weighted by molar-refractivity contribution is 0.0952. The number of benzene rings is 2.